The molecule has 1 saturated heterocycles. The highest BCUT2D eigenvalue weighted by Gasteiger charge is 2.19. The molecule has 1 atom stereocenters. The van der Waals surface area contributed by atoms with E-state index in [2.05, 4.69) is 24.4 Å². The van der Waals surface area contributed by atoms with E-state index in [-0.39, 0.29) is 11.7 Å². The summed E-state index contributed by atoms with van der Waals surface area (Å²) in [6.07, 6.45) is 5.40. The zero-order chi connectivity index (χ0) is 23.0. The molecule has 0 saturated carbocycles. The lowest BCUT2D eigenvalue weighted by Gasteiger charge is -2.10. The minimum atomic E-state index is -0.402. The highest BCUT2D eigenvalue weighted by atomic mass is 32.2. The van der Waals surface area contributed by atoms with Gasteiger partial charge in [0.1, 0.15) is 11.6 Å². The summed E-state index contributed by atoms with van der Waals surface area (Å²) < 4.78 is 7.33. The second-order valence-corrected chi connectivity index (χ2v) is 9.02. The number of thioether (sulfide) groups is 1. The molecule has 1 fully saturated rings. The van der Waals surface area contributed by atoms with E-state index in [1.807, 2.05) is 54.7 Å². The number of nitriles is 1. The maximum absolute atomic E-state index is 12.7. The van der Waals surface area contributed by atoms with E-state index in [0.29, 0.717) is 17.8 Å². The Hall–Kier alpha value is -3.34. The third-order valence-electron chi connectivity index (χ3n) is 5.38. The summed E-state index contributed by atoms with van der Waals surface area (Å²) in [4.78, 5) is 13.9. The average Bonchev–Trinajstić information content (AvgIpc) is 3.52. The first-order valence-electron chi connectivity index (χ1n) is 11.1. The van der Waals surface area contributed by atoms with E-state index in [0.717, 1.165) is 36.5 Å². The monoisotopic (exact) mass is 458 g/mol. The van der Waals surface area contributed by atoms with Gasteiger partial charge in [0.25, 0.3) is 5.91 Å². The molecule has 4 rings (SSSR count). The van der Waals surface area contributed by atoms with Crippen LogP contribution in [0.3, 0.4) is 0 Å². The SMILES string of the molecule is CCSc1ccc(-c2nn(-c3ccccc3)cc2/C=C(/C#N)C(=O)NC[C@H]2CCCO2)cc1. The first-order chi connectivity index (χ1) is 16.2. The Morgan fingerprint density at radius 3 is 2.73 bits per heavy atom. The number of para-hydroxylation sites is 1. The maximum atomic E-state index is 12.7. The number of nitrogens with one attached hydrogen (secondary N) is 1. The summed E-state index contributed by atoms with van der Waals surface area (Å²) >= 11 is 1.78. The van der Waals surface area contributed by atoms with Gasteiger partial charge in [-0.15, -0.1) is 11.8 Å². The van der Waals surface area contributed by atoms with E-state index in [1.54, 1.807) is 22.5 Å². The second-order valence-electron chi connectivity index (χ2n) is 7.69. The lowest BCUT2D eigenvalue weighted by Crippen LogP contribution is -2.32. The van der Waals surface area contributed by atoms with Crippen molar-refractivity contribution < 1.29 is 9.53 Å². The van der Waals surface area contributed by atoms with Gasteiger partial charge in [-0.2, -0.15) is 10.4 Å². The largest absolute Gasteiger partial charge is 0.376 e. The van der Waals surface area contributed by atoms with Gasteiger partial charge in [0, 0.05) is 35.4 Å². The number of hydrogen-bond donors (Lipinski definition) is 1. The lowest BCUT2D eigenvalue weighted by atomic mass is 10.1. The molecule has 3 aromatic rings. The Labute approximate surface area is 198 Å². The molecule has 0 bridgehead atoms. The van der Waals surface area contributed by atoms with Crippen LogP contribution in [0.2, 0.25) is 0 Å². The average molecular weight is 459 g/mol. The first kappa shape index (κ1) is 22.8. The molecule has 33 heavy (non-hydrogen) atoms. The van der Waals surface area contributed by atoms with Crippen LogP contribution in [-0.4, -0.2) is 40.7 Å². The van der Waals surface area contributed by atoms with E-state index in [4.69, 9.17) is 9.84 Å². The van der Waals surface area contributed by atoms with E-state index in [1.165, 1.54) is 4.90 Å². The molecule has 1 amide bonds. The molecule has 0 spiro atoms. The van der Waals surface area contributed by atoms with E-state index >= 15 is 0 Å². The molecule has 1 aliphatic heterocycles. The number of carbonyl (C=O) groups excluding carboxylic acids is 1. The van der Waals surface area contributed by atoms with E-state index in [9.17, 15) is 10.1 Å². The minimum absolute atomic E-state index is 0.0183. The fourth-order valence-corrected chi connectivity index (χ4v) is 4.38. The van der Waals surface area contributed by atoms with Crippen LogP contribution in [0.5, 0.6) is 0 Å². The van der Waals surface area contributed by atoms with Crippen LogP contribution in [0, 0.1) is 11.3 Å². The summed E-state index contributed by atoms with van der Waals surface area (Å²) in [7, 11) is 0. The van der Waals surface area contributed by atoms with Crippen molar-refractivity contribution in [3.63, 3.8) is 0 Å². The van der Waals surface area contributed by atoms with Gasteiger partial charge in [0.2, 0.25) is 0 Å². The Morgan fingerprint density at radius 2 is 2.06 bits per heavy atom. The Bertz CT molecular complexity index is 1160. The molecule has 2 aromatic carbocycles. The predicted octanol–water partition coefficient (Wildman–Crippen LogP) is 4.85. The predicted molar refractivity (Wildman–Crippen MR) is 131 cm³/mol. The highest BCUT2D eigenvalue weighted by Crippen LogP contribution is 2.28. The van der Waals surface area contributed by atoms with Crippen molar-refractivity contribution in [2.75, 3.05) is 18.9 Å². The maximum Gasteiger partial charge on any atom is 0.262 e. The second kappa shape index (κ2) is 11.0. The summed E-state index contributed by atoms with van der Waals surface area (Å²) in [6.45, 7) is 3.25. The van der Waals surface area contributed by atoms with Gasteiger partial charge in [-0.3, -0.25) is 4.79 Å². The number of aromatic nitrogens is 2. The van der Waals surface area contributed by atoms with Crippen molar-refractivity contribution in [2.45, 2.75) is 30.8 Å². The highest BCUT2D eigenvalue weighted by molar-refractivity contribution is 7.99. The summed E-state index contributed by atoms with van der Waals surface area (Å²) in [5, 5.41) is 17.3. The molecule has 2 heterocycles. The standard InChI is InChI=1S/C26H26N4O2S/c1-2-33-24-12-10-19(11-13-24)25-21(18-30(29-25)22-7-4-3-5-8-22)15-20(16-27)26(31)28-17-23-9-6-14-32-23/h3-5,7-8,10-13,15,18,23H,2,6,9,14,17H2,1H3,(H,28,31)/b20-15-/t23-/m1/s1. The van der Waals surface area contributed by atoms with Crippen LogP contribution in [0.15, 0.2) is 71.3 Å². The fraction of sp³-hybridized carbons (Fsp3) is 0.269. The van der Waals surface area contributed by atoms with Crippen LogP contribution in [-0.2, 0) is 9.53 Å². The lowest BCUT2D eigenvalue weighted by molar-refractivity contribution is -0.117. The van der Waals surface area contributed by atoms with Gasteiger partial charge in [0.05, 0.1) is 17.5 Å². The minimum Gasteiger partial charge on any atom is -0.376 e. The number of benzene rings is 2. The van der Waals surface area contributed by atoms with Crippen molar-refractivity contribution in [3.8, 4) is 23.0 Å². The smallest absolute Gasteiger partial charge is 0.262 e. The van der Waals surface area contributed by atoms with Crippen LogP contribution in [0.25, 0.3) is 23.0 Å². The molecular weight excluding hydrogens is 432 g/mol. The summed E-state index contributed by atoms with van der Waals surface area (Å²) in [5.74, 6) is 0.601. The number of amides is 1. The molecule has 1 aromatic heterocycles. The Morgan fingerprint density at radius 1 is 1.27 bits per heavy atom. The normalized spacial score (nSPS) is 15.9. The van der Waals surface area contributed by atoms with Gasteiger partial charge >= 0.3 is 0 Å². The van der Waals surface area contributed by atoms with Gasteiger partial charge in [-0.05, 0) is 48.9 Å². The Balaban J connectivity index is 1.66. The number of nitrogens with zero attached hydrogens (tertiary/aromatic N) is 3. The first-order valence-corrected chi connectivity index (χ1v) is 12.1. The van der Waals surface area contributed by atoms with Gasteiger partial charge < -0.3 is 10.1 Å². The molecule has 7 heteroatoms. The Kier molecular flexibility index (Phi) is 7.61. The number of ether oxygens (including phenoxy) is 1. The van der Waals surface area contributed by atoms with Crippen LogP contribution < -0.4 is 5.32 Å². The quantitative estimate of drug-likeness (QED) is 0.296. The molecule has 168 valence electrons. The van der Waals surface area contributed by atoms with Gasteiger partial charge in [-0.25, -0.2) is 4.68 Å². The van der Waals surface area contributed by atoms with Crippen molar-refractivity contribution >= 4 is 23.7 Å². The van der Waals surface area contributed by atoms with Crippen molar-refractivity contribution in [1.82, 2.24) is 15.1 Å². The zero-order valence-corrected chi connectivity index (χ0v) is 19.3. The number of hydrogen-bond acceptors (Lipinski definition) is 5. The number of rotatable bonds is 8. The van der Waals surface area contributed by atoms with E-state index < -0.39 is 5.91 Å². The third kappa shape index (κ3) is 5.72. The molecule has 0 radical (unpaired) electrons. The van der Waals surface area contributed by atoms with Crippen molar-refractivity contribution in [1.29, 1.82) is 5.26 Å². The molecular formula is C26H26N4O2S. The van der Waals surface area contributed by atoms with Crippen LogP contribution >= 0.6 is 11.8 Å². The third-order valence-corrected chi connectivity index (χ3v) is 6.28. The van der Waals surface area contributed by atoms with Crippen LogP contribution in [0.4, 0.5) is 0 Å². The topological polar surface area (TPSA) is 79.9 Å². The summed E-state index contributed by atoms with van der Waals surface area (Å²) in [5.41, 5.74) is 3.29. The van der Waals surface area contributed by atoms with Crippen molar-refractivity contribution in [2.24, 2.45) is 0 Å². The molecule has 1 aliphatic rings. The molecule has 0 unspecified atom stereocenters. The van der Waals surface area contributed by atoms with Gasteiger partial charge in [0.15, 0.2) is 0 Å². The molecule has 1 N–H and O–H groups in total. The fourth-order valence-electron chi connectivity index (χ4n) is 3.72. The molecule has 6 nitrogen and oxygen atoms in total. The van der Waals surface area contributed by atoms with Crippen molar-refractivity contribution in [3.05, 3.63) is 71.9 Å². The summed E-state index contributed by atoms with van der Waals surface area (Å²) in [6, 6.07) is 20.0. The molecule has 0 aliphatic carbocycles. The number of carbonyl (C=O) groups is 1. The van der Waals surface area contributed by atoms with Gasteiger partial charge in [-0.1, -0.05) is 37.3 Å². The zero-order valence-electron chi connectivity index (χ0n) is 18.5. The van der Waals surface area contributed by atoms with Crippen LogP contribution in [0.1, 0.15) is 25.3 Å².